The minimum atomic E-state index is 0. The van der Waals surface area contributed by atoms with Crippen LogP contribution in [-0.2, 0) is 11.2 Å². The van der Waals surface area contributed by atoms with Gasteiger partial charge in [-0.25, -0.2) is 0 Å². The first-order chi connectivity index (χ1) is 9.61. The quantitative estimate of drug-likeness (QED) is 0.908. The summed E-state index contributed by atoms with van der Waals surface area (Å²) in [4.78, 5) is 14.5. The molecule has 1 fully saturated rings. The van der Waals surface area contributed by atoms with Crippen LogP contribution in [0.15, 0.2) is 30.3 Å². The molecule has 1 aromatic carbocycles. The number of likely N-dealkylation sites (N-methyl/N-ethyl adjacent to an activating group) is 1. The fourth-order valence-electron chi connectivity index (χ4n) is 3.15. The van der Waals surface area contributed by atoms with Gasteiger partial charge in [0.1, 0.15) is 0 Å². The first kappa shape index (κ1) is 18.0. The van der Waals surface area contributed by atoms with Crippen LogP contribution in [0.1, 0.15) is 38.2 Å². The van der Waals surface area contributed by atoms with Gasteiger partial charge in [0, 0.05) is 25.0 Å². The minimum Gasteiger partial charge on any atom is -0.342 e. The van der Waals surface area contributed by atoms with Gasteiger partial charge in [-0.05, 0) is 37.7 Å². The summed E-state index contributed by atoms with van der Waals surface area (Å²) >= 11 is 0. The molecular formula is C17H27ClN2O. The Bertz CT molecular complexity index is 438. The summed E-state index contributed by atoms with van der Waals surface area (Å²) < 4.78 is 0. The van der Waals surface area contributed by atoms with E-state index in [0.29, 0.717) is 0 Å². The van der Waals surface area contributed by atoms with Crippen molar-refractivity contribution < 1.29 is 4.79 Å². The summed E-state index contributed by atoms with van der Waals surface area (Å²) in [6, 6.07) is 10.9. The average Bonchev–Trinajstić information content (AvgIpc) is 2.91. The molecule has 1 amide bonds. The number of carbonyl (C=O) groups is 1. The molecule has 1 saturated carbocycles. The zero-order chi connectivity index (χ0) is 14.5. The van der Waals surface area contributed by atoms with Crippen LogP contribution >= 0.6 is 12.4 Å². The zero-order valence-electron chi connectivity index (χ0n) is 13.0. The van der Waals surface area contributed by atoms with Gasteiger partial charge in [0.15, 0.2) is 0 Å². The van der Waals surface area contributed by atoms with Crippen LogP contribution in [0.5, 0.6) is 0 Å². The molecule has 3 atom stereocenters. The van der Waals surface area contributed by atoms with Crippen LogP contribution in [-0.4, -0.2) is 29.9 Å². The van der Waals surface area contributed by atoms with E-state index in [1.165, 1.54) is 5.56 Å². The van der Waals surface area contributed by atoms with Gasteiger partial charge in [-0.3, -0.25) is 4.79 Å². The molecule has 0 spiro atoms. The van der Waals surface area contributed by atoms with Crippen molar-refractivity contribution in [3.8, 4) is 0 Å². The first-order valence-corrected chi connectivity index (χ1v) is 7.68. The lowest BCUT2D eigenvalue weighted by molar-refractivity contribution is -0.136. The van der Waals surface area contributed by atoms with E-state index in [2.05, 4.69) is 31.2 Å². The van der Waals surface area contributed by atoms with Gasteiger partial charge in [0.25, 0.3) is 0 Å². The minimum absolute atomic E-state index is 0. The number of nitrogens with zero attached hydrogens (tertiary/aromatic N) is 1. The fourth-order valence-corrected chi connectivity index (χ4v) is 3.15. The second-order valence-electron chi connectivity index (χ2n) is 5.97. The summed E-state index contributed by atoms with van der Waals surface area (Å²) in [5, 5.41) is 0. The van der Waals surface area contributed by atoms with E-state index in [1.807, 2.05) is 18.0 Å². The molecule has 0 bridgehead atoms. The first-order valence-electron chi connectivity index (χ1n) is 7.68. The predicted molar refractivity (Wildman–Crippen MR) is 89.6 cm³/mol. The predicted octanol–water partition coefficient (Wildman–Crippen LogP) is 3.02. The number of amides is 1. The molecule has 1 aliphatic rings. The number of rotatable bonds is 5. The highest BCUT2D eigenvalue weighted by Crippen LogP contribution is 2.27. The van der Waals surface area contributed by atoms with E-state index in [4.69, 9.17) is 5.73 Å². The van der Waals surface area contributed by atoms with E-state index in [-0.39, 0.29) is 36.3 Å². The summed E-state index contributed by atoms with van der Waals surface area (Å²) in [6.45, 7) is 2.15. The maximum Gasteiger partial charge on any atom is 0.225 e. The largest absolute Gasteiger partial charge is 0.342 e. The van der Waals surface area contributed by atoms with Crippen LogP contribution in [0.25, 0.3) is 0 Å². The van der Waals surface area contributed by atoms with Crippen LogP contribution < -0.4 is 5.73 Å². The van der Waals surface area contributed by atoms with Crippen LogP contribution in [0.4, 0.5) is 0 Å². The number of benzene rings is 1. The summed E-state index contributed by atoms with van der Waals surface area (Å²) in [5.74, 6) is 0.417. The topological polar surface area (TPSA) is 46.3 Å². The second kappa shape index (κ2) is 8.40. The number of hydrogen-bond acceptors (Lipinski definition) is 2. The highest BCUT2D eigenvalue weighted by molar-refractivity contribution is 5.85. The number of carbonyl (C=O) groups excluding carboxylic acids is 1. The highest BCUT2D eigenvalue weighted by Gasteiger charge is 2.31. The number of hydrogen-bond donors (Lipinski definition) is 1. The molecule has 0 aromatic heterocycles. The summed E-state index contributed by atoms with van der Waals surface area (Å²) in [7, 11) is 1.95. The standard InChI is InChI=1S/C17H26N2O.ClH/c1-3-16(11-13-7-5-4-6-8-13)19(2)17(20)14-9-10-15(18)12-14;/h4-8,14-16H,3,9-12,18H2,1-2H3;1H. The fraction of sp³-hybridized carbons (Fsp3) is 0.588. The molecule has 4 heteroatoms. The Labute approximate surface area is 134 Å². The van der Waals surface area contributed by atoms with Crippen molar-refractivity contribution >= 4 is 18.3 Å². The van der Waals surface area contributed by atoms with E-state index in [1.54, 1.807) is 0 Å². The number of nitrogens with two attached hydrogens (primary N) is 1. The van der Waals surface area contributed by atoms with Gasteiger partial charge < -0.3 is 10.6 Å². The van der Waals surface area contributed by atoms with Crippen molar-refractivity contribution in [1.82, 2.24) is 4.90 Å². The van der Waals surface area contributed by atoms with E-state index >= 15 is 0 Å². The Morgan fingerprint density at radius 2 is 2.00 bits per heavy atom. The molecular weight excluding hydrogens is 284 g/mol. The molecule has 2 rings (SSSR count). The molecule has 2 N–H and O–H groups in total. The summed E-state index contributed by atoms with van der Waals surface area (Å²) in [6.07, 6.45) is 4.70. The van der Waals surface area contributed by atoms with Crippen molar-refractivity contribution in [2.45, 2.75) is 51.1 Å². The Hall–Kier alpha value is -1.06. The molecule has 0 aliphatic heterocycles. The summed E-state index contributed by atoms with van der Waals surface area (Å²) in [5.41, 5.74) is 7.22. The Kier molecular flexibility index (Phi) is 7.20. The smallest absolute Gasteiger partial charge is 0.225 e. The molecule has 0 saturated heterocycles. The van der Waals surface area contributed by atoms with Crippen molar-refractivity contribution in [2.75, 3.05) is 7.05 Å². The maximum atomic E-state index is 12.6. The second-order valence-corrected chi connectivity index (χ2v) is 5.97. The average molecular weight is 311 g/mol. The number of halogens is 1. The van der Waals surface area contributed by atoms with Crippen molar-refractivity contribution in [3.63, 3.8) is 0 Å². The zero-order valence-corrected chi connectivity index (χ0v) is 13.8. The Balaban J connectivity index is 0.00000220. The molecule has 3 unspecified atom stereocenters. The molecule has 118 valence electrons. The third kappa shape index (κ3) is 4.72. The third-order valence-electron chi connectivity index (χ3n) is 4.50. The van der Waals surface area contributed by atoms with Gasteiger partial charge in [-0.1, -0.05) is 37.3 Å². The third-order valence-corrected chi connectivity index (χ3v) is 4.50. The van der Waals surface area contributed by atoms with Crippen molar-refractivity contribution in [1.29, 1.82) is 0 Å². The molecule has 21 heavy (non-hydrogen) atoms. The lowest BCUT2D eigenvalue weighted by Gasteiger charge is -2.30. The maximum absolute atomic E-state index is 12.6. The van der Waals surface area contributed by atoms with E-state index in [0.717, 1.165) is 32.1 Å². The SMILES string of the molecule is CCC(Cc1ccccc1)N(C)C(=O)C1CCC(N)C1.Cl. The monoisotopic (exact) mass is 310 g/mol. The van der Waals surface area contributed by atoms with Crippen LogP contribution in [0.3, 0.4) is 0 Å². The van der Waals surface area contributed by atoms with Gasteiger partial charge in [0.2, 0.25) is 5.91 Å². The Morgan fingerprint density at radius 3 is 2.52 bits per heavy atom. The molecule has 0 heterocycles. The normalized spacial score (nSPS) is 22.4. The van der Waals surface area contributed by atoms with Crippen LogP contribution in [0.2, 0.25) is 0 Å². The molecule has 3 nitrogen and oxygen atoms in total. The molecule has 1 aliphatic carbocycles. The lowest BCUT2D eigenvalue weighted by Crippen LogP contribution is -2.41. The Morgan fingerprint density at radius 1 is 1.33 bits per heavy atom. The van der Waals surface area contributed by atoms with E-state index < -0.39 is 0 Å². The molecule has 1 aromatic rings. The van der Waals surface area contributed by atoms with Crippen LogP contribution in [0, 0.1) is 5.92 Å². The van der Waals surface area contributed by atoms with Crippen molar-refractivity contribution in [3.05, 3.63) is 35.9 Å². The van der Waals surface area contributed by atoms with Gasteiger partial charge >= 0.3 is 0 Å². The lowest BCUT2D eigenvalue weighted by atomic mass is 10.00. The highest BCUT2D eigenvalue weighted by atomic mass is 35.5. The van der Waals surface area contributed by atoms with Crippen molar-refractivity contribution in [2.24, 2.45) is 11.7 Å². The van der Waals surface area contributed by atoms with E-state index in [9.17, 15) is 4.79 Å². The molecule has 0 radical (unpaired) electrons. The van der Waals surface area contributed by atoms with Gasteiger partial charge in [-0.15, -0.1) is 12.4 Å². The van der Waals surface area contributed by atoms with Gasteiger partial charge in [-0.2, -0.15) is 0 Å². The van der Waals surface area contributed by atoms with Gasteiger partial charge in [0.05, 0.1) is 0 Å².